The Balaban J connectivity index is 1.64. The Kier molecular flexibility index (Phi) is 6.81. The molecule has 120 valence electrons. The molecule has 2 N–H and O–H groups in total. The van der Waals surface area contributed by atoms with Crippen molar-refractivity contribution in [2.24, 2.45) is 0 Å². The summed E-state index contributed by atoms with van der Waals surface area (Å²) in [5.41, 5.74) is 1.73. The molecule has 0 bridgehead atoms. The zero-order valence-electron chi connectivity index (χ0n) is 12.7. The van der Waals surface area contributed by atoms with Gasteiger partial charge in [-0.25, -0.2) is 0 Å². The monoisotopic (exact) mass is 374 g/mol. The largest absolute Gasteiger partial charge is 0.354 e. The fraction of sp³-hybridized carbons (Fsp3) is 0.222. The van der Waals surface area contributed by atoms with E-state index in [1.54, 1.807) is 6.07 Å². The van der Waals surface area contributed by atoms with Crippen LogP contribution in [0.5, 0.6) is 0 Å². The third kappa shape index (κ3) is 5.87. The molecule has 2 rings (SSSR count). The second-order valence-electron chi connectivity index (χ2n) is 5.07. The van der Waals surface area contributed by atoms with Gasteiger partial charge in [0.2, 0.25) is 5.91 Å². The smallest absolute Gasteiger partial charge is 0.252 e. The average Bonchev–Trinajstić information content (AvgIpc) is 2.58. The van der Waals surface area contributed by atoms with Gasteiger partial charge in [-0.2, -0.15) is 0 Å². The molecule has 2 aromatic rings. The zero-order chi connectivity index (χ0) is 16.5. The summed E-state index contributed by atoms with van der Waals surface area (Å²) in [6.45, 7) is 0.820. The summed E-state index contributed by atoms with van der Waals surface area (Å²) in [6.07, 6.45) is 1.16. The Labute approximate surface area is 144 Å². The van der Waals surface area contributed by atoms with E-state index in [4.69, 9.17) is 0 Å². The molecule has 2 amide bonds. The molecule has 0 fully saturated rings. The lowest BCUT2D eigenvalue weighted by Crippen LogP contribution is -2.34. The van der Waals surface area contributed by atoms with Crippen LogP contribution in [0, 0.1) is 0 Å². The lowest BCUT2D eigenvalue weighted by atomic mass is 10.1. The van der Waals surface area contributed by atoms with E-state index in [1.165, 1.54) is 0 Å². The quantitative estimate of drug-likeness (QED) is 0.732. The molecule has 0 aliphatic rings. The van der Waals surface area contributed by atoms with Crippen LogP contribution in [0.15, 0.2) is 59.1 Å². The van der Waals surface area contributed by atoms with E-state index in [-0.39, 0.29) is 11.8 Å². The van der Waals surface area contributed by atoms with Crippen molar-refractivity contribution in [1.82, 2.24) is 10.6 Å². The third-order valence-electron chi connectivity index (χ3n) is 3.33. The van der Waals surface area contributed by atoms with Crippen LogP contribution in [0.25, 0.3) is 0 Å². The van der Waals surface area contributed by atoms with Gasteiger partial charge in [-0.05, 0) is 40.0 Å². The van der Waals surface area contributed by atoms with Crippen molar-refractivity contribution >= 4 is 27.7 Å². The Morgan fingerprint density at radius 1 is 0.870 bits per heavy atom. The van der Waals surface area contributed by atoms with E-state index in [2.05, 4.69) is 26.6 Å². The number of rotatable bonds is 7. The highest BCUT2D eigenvalue weighted by atomic mass is 79.9. The summed E-state index contributed by atoms with van der Waals surface area (Å²) >= 11 is 3.34. The fourth-order valence-electron chi connectivity index (χ4n) is 2.11. The van der Waals surface area contributed by atoms with Gasteiger partial charge in [0.05, 0.1) is 5.56 Å². The second kappa shape index (κ2) is 9.10. The number of hydrogen-bond acceptors (Lipinski definition) is 2. The third-order valence-corrected chi connectivity index (χ3v) is 4.03. The molecule has 23 heavy (non-hydrogen) atoms. The van der Waals surface area contributed by atoms with Crippen LogP contribution in [0.3, 0.4) is 0 Å². The highest BCUT2D eigenvalue weighted by molar-refractivity contribution is 9.10. The minimum Gasteiger partial charge on any atom is -0.354 e. The number of benzene rings is 2. The number of nitrogens with one attached hydrogen (secondary N) is 2. The van der Waals surface area contributed by atoms with Crippen molar-refractivity contribution < 1.29 is 9.59 Å². The van der Waals surface area contributed by atoms with Crippen LogP contribution in [0.2, 0.25) is 0 Å². The predicted molar refractivity (Wildman–Crippen MR) is 94.2 cm³/mol. The molecule has 0 radical (unpaired) electrons. The SMILES string of the molecule is O=C(CCc1ccccc1)NCCNC(=O)c1ccccc1Br. The number of amides is 2. The van der Waals surface area contributed by atoms with Gasteiger partial charge < -0.3 is 10.6 Å². The van der Waals surface area contributed by atoms with Gasteiger partial charge in [-0.3, -0.25) is 9.59 Å². The number of hydrogen-bond donors (Lipinski definition) is 2. The molecule has 0 saturated heterocycles. The van der Waals surface area contributed by atoms with Gasteiger partial charge in [-0.15, -0.1) is 0 Å². The van der Waals surface area contributed by atoms with Gasteiger partial charge in [-0.1, -0.05) is 42.5 Å². The molecule has 0 heterocycles. The minimum atomic E-state index is -0.156. The Bertz CT molecular complexity index is 659. The van der Waals surface area contributed by atoms with Crippen molar-refractivity contribution in [2.75, 3.05) is 13.1 Å². The summed E-state index contributed by atoms with van der Waals surface area (Å²) < 4.78 is 0.754. The predicted octanol–water partition coefficient (Wildman–Crippen LogP) is 2.93. The molecule has 0 spiro atoms. The van der Waals surface area contributed by atoms with Crippen LogP contribution in [0.4, 0.5) is 0 Å². The number of carbonyl (C=O) groups is 2. The van der Waals surface area contributed by atoms with Gasteiger partial charge >= 0.3 is 0 Å². The number of aryl methyl sites for hydroxylation is 1. The summed E-state index contributed by atoms with van der Waals surface area (Å²) in [5.74, 6) is -0.167. The molecule has 0 aromatic heterocycles. The topological polar surface area (TPSA) is 58.2 Å². The van der Waals surface area contributed by atoms with Crippen molar-refractivity contribution in [3.8, 4) is 0 Å². The van der Waals surface area contributed by atoms with E-state index >= 15 is 0 Å². The summed E-state index contributed by atoms with van der Waals surface area (Å²) in [5, 5.41) is 5.59. The molecule has 0 aliphatic carbocycles. The molecule has 0 atom stereocenters. The first-order valence-corrected chi connectivity index (χ1v) is 8.29. The standard InChI is InChI=1S/C18H19BrN2O2/c19-16-9-5-4-8-15(16)18(23)21-13-12-20-17(22)11-10-14-6-2-1-3-7-14/h1-9H,10-13H2,(H,20,22)(H,21,23). The highest BCUT2D eigenvalue weighted by Gasteiger charge is 2.08. The van der Waals surface area contributed by atoms with E-state index in [0.29, 0.717) is 25.1 Å². The summed E-state index contributed by atoms with van der Waals surface area (Å²) in [6, 6.07) is 17.1. The van der Waals surface area contributed by atoms with E-state index < -0.39 is 0 Å². The average molecular weight is 375 g/mol. The Morgan fingerprint density at radius 3 is 2.26 bits per heavy atom. The van der Waals surface area contributed by atoms with Gasteiger partial charge in [0.15, 0.2) is 0 Å². The first kappa shape index (κ1) is 17.2. The maximum Gasteiger partial charge on any atom is 0.252 e. The zero-order valence-corrected chi connectivity index (χ0v) is 14.3. The molecular weight excluding hydrogens is 356 g/mol. The lowest BCUT2D eigenvalue weighted by Gasteiger charge is -2.08. The maximum absolute atomic E-state index is 12.0. The molecule has 4 nitrogen and oxygen atoms in total. The van der Waals surface area contributed by atoms with Crippen molar-refractivity contribution in [3.05, 3.63) is 70.2 Å². The Hall–Kier alpha value is -2.14. The van der Waals surface area contributed by atoms with Crippen LogP contribution in [0.1, 0.15) is 22.3 Å². The van der Waals surface area contributed by atoms with E-state index in [9.17, 15) is 9.59 Å². The minimum absolute atomic E-state index is 0.0102. The van der Waals surface area contributed by atoms with Gasteiger partial charge in [0, 0.05) is 24.0 Å². The maximum atomic E-state index is 12.0. The van der Waals surface area contributed by atoms with Crippen molar-refractivity contribution in [3.63, 3.8) is 0 Å². The van der Waals surface area contributed by atoms with Crippen LogP contribution >= 0.6 is 15.9 Å². The van der Waals surface area contributed by atoms with Crippen molar-refractivity contribution in [2.45, 2.75) is 12.8 Å². The van der Waals surface area contributed by atoms with Crippen LogP contribution in [-0.4, -0.2) is 24.9 Å². The van der Waals surface area contributed by atoms with Crippen molar-refractivity contribution in [1.29, 1.82) is 0 Å². The van der Waals surface area contributed by atoms with E-state index in [1.807, 2.05) is 48.5 Å². The Morgan fingerprint density at radius 2 is 1.52 bits per heavy atom. The fourth-order valence-corrected chi connectivity index (χ4v) is 2.57. The lowest BCUT2D eigenvalue weighted by molar-refractivity contribution is -0.121. The molecule has 5 heteroatoms. The number of carbonyl (C=O) groups excluding carboxylic acids is 2. The van der Waals surface area contributed by atoms with Gasteiger partial charge in [0.1, 0.15) is 0 Å². The second-order valence-corrected chi connectivity index (χ2v) is 5.93. The highest BCUT2D eigenvalue weighted by Crippen LogP contribution is 2.15. The molecule has 2 aromatic carbocycles. The first-order chi connectivity index (χ1) is 11.2. The molecule has 0 unspecified atom stereocenters. The molecular formula is C18H19BrN2O2. The summed E-state index contributed by atoms with van der Waals surface area (Å²) in [4.78, 5) is 23.7. The normalized spacial score (nSPS) is 10.1. The molecule has 0 saturated carbocycles. The summed E-state index contributed by atoms with van der Waals surface area (Å²) in [7, 11) is 0. The van der Waals surface area contributed by atoms with E-state index in [0.717, 1.165) is 16.5 Å². The van der Waals surface area contributed by atoms with Crippen LogP contribution in [-0.2, 0) is 11.2 Å². The first-order valence-electron chi connectivity index (χ1n) is 7.50. The van der Waals surface area contributed by atoms with Crippen LogP contribution < -0.4 is 10.6 Å². The van der Waals surface area contributed by atoms with Gasteiger partial charge in [0.25, 0.3) is 5.91 Å². The molecule has 0 aliphatic heterocycles. The number of halogens is 1.